The van der Waals surface area contributed by atoms with Crippen LogP contribution in [-0.4, -0.2) is 52.7 Å². The van der Waals surface area contributed by atoms with Crippen LogP contribution in [0.25, 0.3) is 11.0 Å². The Morgan fingerprint density at radius 1 is 1.09 bits per heavy atom. The zero-order chi connectivity index (χ0) is 23.7. The van der Waals surface area contributed by atoms with Crippen LogP contribution in [0.2, 0.25) is 0 Å². The lowest BCUT2D eigenvalue weighted by molar-refractivity contribution is 0.0931. The molecule has 2 aromatic carbocycles. The minimum absolute atomic E-state index is 0.244. The van der Waals surface area contributed by atoms with Crippen molar-refractivity contribution in [3.8, 4) is 0 Å². The molecular weight excluding hydrogens is 438 g/mol. The minimum atomic E-state index is -0.399. The van der Waals surface area contributed by atoms with Crippen molar-refractivity contribution in [2.75, 3.05) is 19.0 Å². The zero-order valence-electron chi connectivity index (χ0n) is 18.3. The van der Waals surface area contributed by atoms with Gasteiger partial charge in [-0.1, -0.05) is 12.1 Å². The van der Waals surface area contributed by atoms with Gasteiger partial charge in [0, 0.05) is 31.1 Å². The molecule has 34 heavy (non-hydrogen) atoms. The third kappa shape index (κ3) is 4.10. The molecule has 0 radical (unpaired) electrons. The Bertz CT molecular complexity index is 1310. The molecule has 0 unspecified atom stereocenters. The molecule has 0 saturated heterocycles. The van der Waals surface area contributed by atoms with E-state index in [0.717, 1.165) is 11.1 Å². The van der Waals surface area contributed by atoms with Crippen LogP contribution in [0, 0.1) is 0 Å². The maximum Gasteiger partial charge on any atom is 0.409 e. The largest absolute Gasteiger partial charge is 0.453 e. The van der Waals surface area contributed by atoms with E-state index in [1.54, 1.807) is 41.6 Å². The standard InChI is InChI=1S/C23H23N7O4/c1-34-23(33)30-10-7-13-11-14(5-6-15(13)12-30)19(31)28-22-26-17-4-2-3-16(18(17)27-22)20(32)29-21-24-8-9-25-21/h2-6,8-9,11,21,24-25H,7,10,12H2,1H3,(H,29,32)(H2,26,27,28,31). The zero-order valence-corrected chi connectivity index (χ0v) is 18.3. The first-order valence-corrected chi connectivity index (χ1v) is 10.7. The smallest absolute Gasteiger partial charge is 0.409 e. The molecule has 0 spiro atoms. The van der Waals surface area contributed by atoms with Gasteiger partial charge in [-0.15, -0.1) is 0 Å². The van der Waals surface area contributed by atoms with Crippen molar-refractivity contribution in [2.24, 2.45) is 0 Å². The summed E-state index contributed by atoms with van der Waals surface area (Å²) in [4.78, 5) is 46.5. The van der Waals surface area contributed by atoms with E-state index in [-0.39, 0.29) is 23.9 Å². The first-order valence-electron chi connectivity index (χ1n) is 10.7. The molecule has 3 aromatic rings. The monoisotopic (exact) mass is 461 g/mol. The van der Waals surface area contributed by atoms with Crippen LogP contribution in [-0.2, 0) is 17.7 Å². The van der Waals surface area contributed by atoms with Gasteiger partial charge in [0.2, 0.25) is 5.95 Å². The predicted molar refractivity (Wildman–Crippen MR) is 124 cm³/mol. The lowest BCUT2D eigenvalue weighted by Crippen LogP contribution is -2.47. The van der Waals surface area contributed by atoms with Gasteiger partial charge in [-0.05, 0) is 41.8 Å². The second-order valence-electron chi connectivity index (χ2n) is 7.94. The van der Waals surface area contributed by atoms with Gasteiger partial charge in [-0.25, -0.2) is 9.78 Å². The molecule has 0 saturated carbocycles. The van der Waals surface area contributed by atoms with E-state index in [9.17, 15) is 14.4 Å². The molecule has 11 heteroatoms. The second-order valence-corrected chi connectivity index (χ2v) is 7.94. The van der Waals surface area contributed by atoms with E-state index in [2.05, 4.69) is 31.2 Å². The van der Waals surface area contributed by atoms with Crippen LogP contribution < -0.4 is 21.3 Å². The Morgan fingerprint density at radius 3 is 2.71 bits per heavy atom. The van der Waals surface area contributed by atoms with Gasteiger partial charge >= 0.3 is 6.09 Å². The fourth-order valence-corrected chi connectivity index (χ4v) is 4.06. The summed E-state index contributed by atoms with van der Waals surface area (Å²) >= 11 is 0. The van der Waals surface area contributed by atoms with E-state index in [0.29, 0.717) is 41.7 Å². The van der Waals surface area contributed by atoms with Gasteiger partial charge in [0.05, 0.1) is 18.2 Å². The molecule has 2 aliphatic heterocycles. The van der Waals surface area contributed by atoms with Crippen molar-refractivity contribution in [1.82, 2.24) is 30.8 Å². The lowest BCUT2D eigenvalue weighted by atomic mass is 9.97. The number of hydrogen-bond acceptors (Lipinski definition) is 7. The number of imidazole rings is 1. The molecule has 0 bridgehead atoms. The van der Waals surface area contributed by atoms with Gasteiger partial charge in [-0.3, -0.25) is 14.9 Å². The molecule has 0 atom stereocenters. The Hall–Kier alpha value is -4.54. The Balaban J connectivity index is 1.31. The molecule has 3 heterocycles. The number of nitrogens with one attached hydrogen (secondary N) is 5. The van der Waals surface area contributed by atoms with E-state index in [1.165, 1.54) is 7.11 Å². The number of carbonyl (C=O) groups is 3. The fourth-order valence-electron chi connectivity index (χ4n) is 4.06. The highest BCUT2D eigenvalue weighted by Crippen LogP contribution is 2.23. The van der Waals surface area contributed by atoms with E-state index < -0.39 is 6.29 Å². The van der Waals surface area contributed by atoms with E-state index >= 15 is 0 Å². The molecule has 174 valence electrons. The molecular formula is C23H23N7O4. The fraction of sp³-hybridized carbons (Fsp3) is 0.217. The van der Waals surface area contributed by atoms with Crippen molar-refractivity contribution < 1.29 is 19.1 Å². The van der Waals surface area contributed by atoms with Gasteiger partial charge in [0.1, 0.15) is 5.52 Å². The van der Waals surface area contributed by atoms with Gasteiger partial charge < -0.3 is 30.6 Å². The summed E-state index contributed by atoms with van der Waals surface area (Å²) in [6.07, 6.45) is 3.27. The summed E-state index contributed by atoms with van der Waals surface area (Å²) in [5, 5.41) is 11.5. The number of ether oxygens (including phenoxy) is 1. The van der Waals surface area contributed by atoms with Crippen LogP contribution in [0.5, 0.6) is 0 Å². The SMILES string of the molecule is COC(=O)N1CCc2cc(C(=O)Nc3nc4c(C(=O)NC5NC=CN5)cccc4[nH]3)ccc2C1. The third-order valence-electron chi connectivity index (χ3n) is 5.79. The summed E-state index contributed by atoms with van der Waals surface area (Å²) in [5.41, 5.74) is 3.94. The molecule has 11 nitrogen and oxygen atoms in total. The normalized spacial score (nSPS) is 14.8. The maximum atomic E-state index is 12.9. The second kappa shape index (κ2) is 8.77. The number of aromatic nitrogens is 2. The highest BCUT2D eigenvalue weighted by atomic mass is 16.5. The summed E-state index contributed by atoms with van der Waals surface area (Å²) in [5.74, 6) is -0.387. The van der Waals surface area contributed by atoms with Crippen molar-refractivity contribution in [3.63, 3.8) is 0 Å². The average Bonchev–Trinajstić information content (AvgIpc) is 3.51. The first kappa shape index (κ1) is 21.3. The van der Waals surface area contributed by atoms with Crippen LogP contribution in [0.3, 0.4) is 0 Å². The first-order chi connectivity index (χ1) is 16.5. The number of fused-ring (bicyclic) bond motifs is 2. The molecule has 5 N–H and O–H groups in total. The van der Waals surface area contributed by atoms with Crippen molar-refractivity contribution in [2.45, 2.75) is 19.3 Å². The summed E-state index contributed by atoms with van der Waals surface area (Å²) < 4.78 is 4.79. The molecule has 2 aliphatic rings. The van der Waals surface area contributed by atoms with Crippen molar-refractivity contribution >= 4 is 34.9 Å². The van der Waals surface area contributed by atoms with Gasteiger partial charge in [0.15, 0.2) is 6.29 Å². The number of anilines is 1. The number of amides is 3. The number of benzene rings is 2. The summed E-state index contributed by atoms with van der Waals surface area (Å²) in [6, 6.07) is 10.6. The van der Waals surface area contributed by atoms with Crippen LogP contribution in [0.1, 0.15) is 31.8 Å². The van der Waals surface area contributed by atoms with Crippen molar-refractivity contribution in [1.29, 1.82) is 0 Å². The van der Waals surface area contributed by atoms with Gasteiger partial charge in [-0.2, -0.15) is 0 Å². The van der Waals surface area contributed by atoms with Crippen LogP contribution in [0.15, 0.2) is 48.8 Å². The molecule has 3 amide bonds. The van der Waals surface area contributed by atoms with Crippen LogP contribution >= 0.6 is 0 Å². The average molecular weight is 461 g/mol. The highest BCUT2D eigenvalue weighted by Gasteiger charge is 2.23. The molecule has 5 rings (SSSR count). The number of hydrogen-bond donors (Lipinski definition) is 5. The molecule has 0 fully saturated rings. The summed E-state index contributed by atoms with van der Waals surface area (Å²) in [7, 11) is 1.36. The Labute approximate surface area is 194 Å². The molecule has 0 aliphatic carbocycles. The van der Waals surface area contributed by atoms with E-state index in [1.807, 2.05) is 12.1 Å². The van der Waals surface area contributed by atoms with Crippen molar-refractivity contribution in [3.05, 3.63) is 71.1 Å². The third-order valence-corrected chi connectivity index (χ3v) is 5.79. The number of methoxy groups -OCH3 is 1. The lowest BCUT2D eigenvalue weighted by Gasteiger charge is -2.27. The number of H-pyrrole nitrogens is 1. The topological polar surface area (TPSA) is 140 Å². The number of para-hydroxylation sites is 1. The Kier molecular flexibility index (Phi) is 5.50. The van der Waals surface area contributed by atoms with E-state index in [4.69, 9.17) is 4.74 Å². The minimum Gasteiger partial charge on any atom is -0.453 e. The van der Waals surface area contributed by atoms with Gasteiger partial charge in [0.25, 0.3) is 11.8 Å². The Morgan fingerprint density at radius 2 is 1.91 bits per heavy atom. The maximum absolute atomic E-state index is 12.9. The predicted octanol–water partition coefficient (Wildman–Crippen LogP) is 1.62. The number of rotatable bonds is 4. The molecule has 1 aromatic heterocycles. The number of aromatic amines is 1. The quantitative estimate of drug-likeness (QED) is 0.398. The summed E-state index contributed by atoms with van der Waals surface area (Å²) in [6.45, 7) is 0.974. The van der Waals surface area contributed by atoms with Crippen LogP contribution in [0.4, 0.5) is 10.7 Å². The highest BCUT2D eigenvalue weighted by molar-refractivity contribution is 6.07. The number of carbonyl (C=O) groups excluding carboxylic acids is 3. The number of nitrogens with zero attached hydrogens (tertiary/aromatic N) is 2.